The van der Waals surface area contributed by atoms with E-state index in [-0.39, 0.29) is 0 Å². The molecule has 0 aromatic carbocycles. The predicted molar refractivity (Wildman–Crippen MR) is 45.0 cm³/mol. The Morgan fingerprint density at radius 3 is 2.38 bits per heavy atom. The van der Waals surface area contributed by atoms with Crippen molar-refractivity contribution < 1.29 is 0 Å². The third kappa shape index (κ3) is 3.19. The molecule has 0 unspecified atom stereocenters. The van der Waals surface area contributed by atoms with Crippen molar-refractivity contribution >= 4 is 19.6 Å². The summed E-state index contributed by atoms with van der Waals surface area (Å²) in [5, 5.41) is 0. The van der Waals surface area contributed by atoms with Crippen LogP contribution in [0, 0.1) is 5.92 Å². The molecule has 46 valence electrons. The molecule has 0 heterocycles. The third-order valence-corrected chi connectivity index (χ3v) is 2.10. The monoisotopic (exact) mass is 128 g/mol. The Morgan fingerprint density at radius 2 is 2.25 bits per heavy atom. The maximum absolute atomic E-state index is 3.91. The zero-order valence-electron chi connectivity index (χ0n) is 5.90. The van der Waals surface area contributed by atoms with E-state index < -0.39 is 0 Å². The van der Waals surface area contributed by atoms with E-state index in [0.717, 1.165) is 5.65 Å². The fourth-order valence-corrected chi connectivity index (χ4v) is 1.06. The Hall–Kier alpha value is 0.155. The number of hydrogen-bond donors (Lipinski definition) is 0. The van der Waals surface area contributed by atoms with Crippen LogP contribution in [0.1, 0.15) is 13.8 Å². The quantitative estimate of drug-likeness (QED) is 0.518. The van der Waals surface area contributed by atoms with E-state index >= 15 is 0 Å². The third-order valence-electron chi connectivity index (χ3n) is 0.974. The number of rotatable bonds is 3. The van der Waals surface area contributed by atoms with E-state index in [4.69, 9.17) is 0 Å². The highest BCUT2D eigenvalue weighted by atomic mass is 32.2. The predicted octanol–water partition coefficient (Wildman–Crippen LogP) is 1.48. The van der Waals surface area contributed by atoms with Crippen LogP contribution in [0.15, 0.2) is 11.5 Å². The second kappa shape index (κ2) is 4.08. The Kier molecular flexibility index (Phi) is 4.15. The Bertz CT molecular complexity index is 78.6. The van der Waals surface area contributed by atoms with Crippen LogP contribution in [-0.2, 0) is 0 Å². The molecule has 0 amide bonds. The summed E-state index contributed by atoms with van der Waals surface area (Å²) in [7, 11) is 2.15. The summed E-state index contributed by atoms with van der Waals surface area (Å²) < 4.78 is 0. The fraction of sp³-hybridized carbons (Fsp3) is 0.667. The molecule has 0 fully saturated rings. The Morgan fingerprint density at radius 1 is 1.75 bits per heavy atom. The van der Waals surface area contributed by atoms with E-state index in [1.54, 1.807) is 0 Å². The lowest BCUT2D eigenvalue weighted by Crippen LogP contribution is -1.87. The first-order valence-corrected chi connectivity index (χ1v) is 3.98. The van der Waals surface area contributed by atoms with Crippen molar-refractivity contribution in [3.05, 3.63) is 11.5 Å². The van der Waals surface area contributed by atoms with E-state index in [9.17, 15) is 0 Å². The SMILES string of the molecule is BCSC(=C)C(C)C. The molecule has 0 aliphatic heterocycles. The van der Waals surface area contributed by atoms with Gasteiger partial charge in [-0.25, -0.2) is 0 Å². The van der Waals surface area contributed by atoms with Crippen molar-refractivity contribution in [2.75, 3.05) is 5.65 Å². The maximum Gasteiger partial charge on any atom is 0.114 e. The zero-order valence-corrected chi connectivity index (χ0v) is 6.72. The summed E-state index contributed by atoms with van der Waals surface area (Å²) in [6.45, 7) is 8.25. The molecule has 0 radical (unpaired) electrons. The van der Waals surface area contributed by atoms with Gasteiger partial charge in [0, 0.05) is 0 Å². The van der Waals surface area contributed by atoms with Gasteiger partial charge in [-0.1, -0.05) is 20.4 Å². The van der Waals surface area contributed by atoms with Crippen molar-refractivity contribution in [2.24, 2.45) is 5.92 Å². The Labute approximate surface area is 57.1 Å². The molecule has 0 atom stereocenters. The fourth-order valence-electron chi connectivity index (χ4n) is 0.352. The molecule has 0 saturated heterocycles. The van der Waals surface area contributed by atoms with Gasteiger partial charge in [0.25, 0.3) is 0 Å². The molecule has 2 heteroatoms. The molecular weight excluding hydrogens is 115 g/mol. The minimum absolute atomic E-state index is 0.639. The summed E-state index contributed by atoms with van der Waals surface area (Å²) in [5.41, 5.74) is 1.15. The average Bonchev–Trinajstić information content (AvgIpc) is 1.67. The molecule has 8 heavy (non-hydrogen) atoms. The first-order chi connectivity index (χ1) is 3.68. The Balaban J connectivity index is 3.33. The van der Waals surface area contributed by atoms with Crippen LogP contribution in [0.5, 0.6) is 0 Å². The first-order valence-electron chi connectivity index (χ1n) is 3.00. The van der Waals surface area contributed by atoms with Crippen molar-refractivity contribution in [1.82, 2.24) is 0 Å². The number of thioether (sulfide) groups is 1. The summed E-state index contributed by atoms with van der Waals surface area (Å²) >= 11 is 1.84. The van der Waals surface area contributed by atoms with E-state index in [2.05, 4.69) is 28.3 Å². The molecule has 0 nitrogen and oxygen atoms in total. The highest BCUT2D eigenvalue weighted by Gasteiger charge is 1.96. The van der Waals surface area contributed by atoms with Gasteiger partial charge in [0.2, 0.25) is 0 Å². The summed E-state index contributed by atoms with van der Waals surface area (Å²) in [5.74, 6) is 0.639. The van der Waals surface area contributed by atoms with E-state index in [0.29, 0.717) is 5.92 Å². The van der Waals surface area contributed by atoms with Crippen molar-refractivity contribution in [2.45, 2.75) is 13.8 Å². The zero-order chi connectivity index (χ0) is 6.57. The second-order valence-corrected chi connectivity index (χ2v) is 3.44. The lowest BCUT2D eigenvalue weighted by Gasteiger charge is -2.04. The topological polar surface area (TPSA) is 0 Å². The minimum atomic E-state index is 0.639. The van der Waals surface area contributed by atoms with Crippen LogP contribution in [0.25, 0.3) is 0 Å². The standard InChI is InChI=1S/C6H13BS/c1-5(2)6(3)8-4-7/h5H,3-4,7H2,1-2H3. The molecule has 0 bridgehead atoms. The maximum atomic E-state index is 3.91. The summed E-state index contributed by atoms with van der Waals surface area (Å²) in [6, 6.07) is 0. The normalized spacial score (nSPS) is 9.88. The van der Waals surface area contributed by atoms with Gasteiger partial charge in [0.05, 0.1) is 0 Å². The van der Waals surface area contributed by atoms with Gasteiger partial charge in [-0.15, -0.1) is 11.8 Å². The van der Waals surface area contributed by atoms with Crippen LogP contribution in [-0.4, -0.2) is 13.5 Å². The highest BCUT2D eigenvalue weighted by Crippen LogP contribution is 2.19. The second-order valence-electron chi connectivity index (χ2n) is 2.05. The number of hydrogen-bond acceptors (Lipinski definition) is 1. The van der Waals surface area contributed by atoms with Crippen LogP contribution in [0.2, 0.25) is 0 Å². The molecule has 0 saturated carbocycles. The van der Waals surface area contributed by atoms with E-state index in [1.807, 2.05) is 11.8 Å². The molecule has 0 rings (SSSR count). The van der Waals surface area contributed by atoms with Crippen molar-refractivity contribution in [3.8, 4) is 0 Å². The van der Waals surface area contributed by atoms with Gasteiger partial charge in [-0.3, -0.25) is 0 Å². The van der Waals surface area contributed by atoms with Gasteiger partial charge in [-0.2, -0.15) is 0 Å². The molecule has 0 N–H and O–H groups in total. The molecule has 0 aliphatic rings. The molecule has 0 spiro atoms. The molecule has 0 aromatic rings. The van der Waals surface area contributed by atoms with Gasteiger partial charge in [-0.05, 0) is 16.5 Å². The average molecular weight is 128 g/mol. The van der Waals surface area contributed by atoms with E-state index in [1.165, 1.54) is 4.91 Å². The first kappa shape index (κ1) is 8.15. The summed E-state index contributed by atoms with van der Waals surface area (Å²) in [6.07, 6.45) is 0. The van der Waals surface area contributed by atoms with Crippen LogP contribution in [0.3, 0.4) is 0 Å². The van der Waals surface area contributed by atoms with Crippen molar-refractivity contribution in [3.63, 3.8) is 0 Å². The van der Waals surface area contributed by atoms with Gasteiger partial charge < -0.3 is 0 Å². The highest BCUT2D eigenvalue weighted by molar-refractivity contribution is 8.03. The van der Waals surface area contributed by atoms with Crippen LogP contribution >= 0.6 is 11.8 Å². The number of allylic oxidation sites excluding steroid dienone is 1. The van der Waals surface area contributed by atoms with Gasteiger partial charge in [0.1, 0.15) is 7.85 Å². The largest absolute Gasteiger partial charge is 0.140 e. The lowest BCUT2D eigenvalue weighted by atomic mass is 10.2. The van der Waals surface area contributed by atoms with Crippen molar-refractivity contribution in [1.29, 1.82) is 0 Å². The molecular formula is C6H13BS. The minimum Gasteiger partial charge on any atom is -0.140 e. The smallest absolute Gasteiger partial charge is 0.114 e. The van der Waals surface area contributed by atoms with Crippen LogP contribution < -0.4 is 0 Å². The lowest BCUT2D eigenvalue weighted by molar-refractivity contribution is 0.820. The van der Waals surface area contributed by atoms with Gasteiger partial charge >= 0.3 is 0 Å². The van der Waals surface area contributed by atoms with Crippen LogP contribution in [0.4, 0.5) is 0 Å². The summed E-state index contributed by atoms with van der Waals surface area (Å²) in [4.78, 5) is 1.30. The van der Waals surface area contributed by atoms with Gasteiger partial charge in [0.15, 0.2) is 0 Å². The molecule has 0 aliphatic carbocycles. The molecule has 0 aromatic heterocycles.